The van der Waals surface area contributed by atoms with Crippen LogP contribution in [-0.2, 0) is 14.6 Å². The molecule has 0 aliphatic carbocycles. The number of rotatable bonds is 6. The molecular formula is C12H16ClF3N2O4S. The Morgan fingerprint density at radius 1 is 1.30 bits per heavy atom. The fraction of sp³-hybridized carbons (Fsp3) is 0.417. The molecule has 0 fully saturated rings. The van der Waals surface area contributed by atoms with Gasteiger partial charge in [0.25, 0.3) is 0 Å². The van der Waals surface area contributed by atoms with E-state index in [0.717, 1.165) is 18.4 Å². The summed E-state index contributed by atoms with van der Waals surface area (Å²) in [6.07, 6.45) is -3.82. The molecule has 3 N–H and O–H groups in total. The third kappa shape index (κ3) is 9.26. The first-order valence-corrected chi connectivity index (χ1v) is 8.12. The highest BCUT2D eigenvalue weighted by Crippen LogP contribution is 2.23. The molecule has 0 spiro atoms. The van der Waals surface area contributed by atoms with Crippen LogP contribution in [0, 0.1) is 0 Å². The zero-order valence-corrected chi connectivity index (χ0v) is 13.6. The summed E-state index contributed by atoms with van der Waals surface area (Å²) in [7, 11) is -3.23. The van der Waals surface area contributed by atoms with E-state index in [1.54, 1.807) is 0 Å². The first kappa shape index (κ1) is 21.5. The van der Waals surface area contributed by atoms with Crippen molar-refractivity contribution in [3.8, 4) is 5.75 Å². The molecule has 1 aromatic rings. The second-order valence-electron chi connectivity index (χ2n) is 4.59. The standard InChI is InChI=1S/C12H15F3N2O4S.ClH/c1-22(19,20)7-6-10(16)11(18)17-8-2-4-9(5-3-8)21-12(13,14)15;/h2-5,10H,6-7,16H2,1H3,(H,17,18);1H. The molecule has 6 nitrogen and oxygen atoms in total. The molecular weight excluding hydrogens is 361 g/mol. The lowest BCUT2D eigenvalue weighted by atomic mass is 10.2. The molecule has 0 saturated carbocycles. The minimum absolute atomic E-state index is 0. The van der Waals surface area contributed by atoms with Crippen molar-refractivity contribution in [3.63, 3.8) is 0 Å². The van der Waals surface area contributed by atoms with Crippen molar-refractivity contribution in [2.75, 3.05) is 17.3 Å². The Morgan fingerprint density at radius 3 is 2.26 bits per heavy atom. The SMILES string of the molecule is CS(=O)(=O)CCC(N)C(=O)Nc1ccc(OC(F)(F)F)cc1.Cl. The van der Waals surface area contributed by atoms with Gasteiger partial charge in [-0.2, -0.15) is 0 Å². The highest BCUT2D eigenvalue weighted by molar-refractivity contribution is 7.90. The lowest BCUT2D eigenvalue weighted by molar-refractivity contribution is -0.274. The largest absolute Gasteiger partial charge is 0.573 e. The summed E-state index contributed by atoms with van der Waals surface area (Å²) in [5, 5.41) is 2.37. The van der Waals surface area contributed by atoms with E-state index in [2.05, 4.69) is 10.1 Å². The van der Waals surface area contributed by atoms with Gasteiger partial charge in [0, 0.05) is 11.9 Å². The van der Waals surface area contributed by atoms with Crippen molar-refractivity contribution in [3.05, 3.63) is 24.3 Å². The minimum atomic E-state index is -4.79. The van der Waals surface area contributed by atoms with Crippen LogP contribution in [0.4, 0.5) is 18.9 Å². The fourth-order valence-electron chi connectivity index (χ4n) is 1.45. The van der Waals surface area contributed by atoms with Gasteiger partial charge in [-0.3, -0.25) is 4.79 Å². The highest BCUT2D eigenvalue weighted by atomic mass is 35.5. The maximum atomic E-state index is 12.0. The van der Waals surface area contributed by atoms with Gasteiger partial charge in [-0.1, -0.05) is 0 Å². The maximum absolute atomic E-state index is 12.0. The lowest BCUT2D eigenvalue weighted by Gasteiger charge is -2.13. The average Bonchev–Trinajstić information content (AvgIpc) is 2.35. The van der Waals surface area contributed by atoms with Crippen LogP contribution in [-0.4, -0.2) is 38.7 Å². The number of halogens is 4. The predicted molar refractivity (Wildman–Crippen MR) is 81.3 cm³/mol. The molecule has 1 amide bonds. The van der Waals surface area contributed by atoms with Crippen LogP contribution in [0.15, 0.2) is 24.3 Å². The number of nitrogens with one attached hydrogen (secondary N) is 1. The summed E-state index contributed by atoms with van der Waals surface area (Å²) in [6.45, 7) is 0. The van der Waals surface area contributed by atoms with Crippen LogP contribution in [0.3, 0.4) is 0 Å². The molecule has 132 valence electrons. The molecule has 0 bridgehead atoms. The Balaban J connectivity index is 0.00000484. The van der Waals surface area contributed by atoms with E-state index in [4.69, 9.17) is 5.73 Å². The van der Waals surface area contributed by atoms with Crippen molar-refractivity contribution in [2.45, 2.75) is 18.8 Å². The number of amides is 1. The molecule has 1 rings (SSSR count). The van der Waals surface area contributed by atoms with Gasteiger partial charge in [0.05, 0.1) is 11.8 Å². The van der Waals surface area contributed by atoms with Gasteiger partial charge in [-0.05, 0) is 30.7 Å². The third-order valence-corrected chi connectivity index (χ3v) is 3.47. The second-order valence-corrected chi connectivity index (χ2v) is 6.85. The molecule has 0 saturated heterocycles. The van der Waals surface area contributed by atoms with Crippen LogP contribution >= 0.6 is 12.4 Å². The van der Waals surface area contributed by atoms with E-state index in [1.165, 1.54) is 12.1 Å². The smallest absolute Gasteiger partial charge is 0.406 e. The van der Waals surface area contributed by atoms with Gasteiger partial charge in [-0.15, -0.1) is 25.6 Å². The van der Waals surface area contributed by atoms with Crippen LogP contribution < -0.4 is 15.8 Å². The quantitative estimate of drug-likeness (QED) is 0.787. The van der Waals surface area contributed by atoms with Crippen LogP contribution in [0.25, 0.3) is 0 Å². The molecule has 1 unspecified atom stereocenters. The third-order valence-electron chi connectivity index (χ3n) is 2.49. The van der Waals surface area contributed by atoms with E-state index in [0.29, 0.717) is 0 Å². The minimum Gasteiger partial charge on any atom is -0.406 e. The van der Waals surface area contributed by atoms with Crippen molar-refractivity contribution in [1.82, 2.24) is 0 Å². The van der Waals surface area contributed by atoms with Gasteiger partial charge in [0.2, 0.25) is 5.91 Å². The summed E-state index contributed by atoms with van der Waals surface area (Å²) in [4.78, 5) is 11.7. The molecule has 0 aliphatic rings. The van der Waals surface area contributed by atoms with Crippen LogP contribution in [0.5, 0.6) is 5.75 Å². The second kappa shape index (κ2) is 8.37. The summed E-state index contributed by atoms with van der Waals surface area (Å²) >= 11 is 0. The maximum Gasteiger partial charge on any atom is 0.573 e. The number of hydrogen-bond donors (Lipinski definition) is 2. The number of alkyl halides is 3. The first-order valence-electron chi connectivity index (χ1n) is 6.06. The van der Waals surface area contributed by atoms with E-state index < -0.39 is 33.9 Å². The molecule has 0 aromatic heterocycles. The summed E-state index contributed by atoms with van der Waals surface area (Å²) in [5.74, 6) is -1.29. The number of sulfone groups is 1. The Kier molecular flexibility index (Phi) is 7.81. The normalized spacial score (nSPS) is 12.9. The average molecular weight is 377 g/mol. The molecule has 0 radical (unpaired) electrons. The van der Waals surface area contributed by atoms with Crippen molar-refractivity contribution >= 4 is 33.8 Å². The molecule has 23 heavy (non-hydrogen) atoms. The number of carbonyl (C=O) groups is 1. The zero-order valence-electron chi connectivity index (χ0n) is 12.0. The van der Waals surface area contributed by atoms with Gasteiger partial charge in [0.1, 0.15) is 15.6 Å². The number of benzene rings is 1. The molecule has 1 aromatic carbocycles. The predicted octanol–water partition coefficient (Wildman–Crippen LogP) is 1.71. The number of hydrogen-bond acceptors (Lipinski definition) is 5. The number of nitrogens with two attached hydrogens (primary N) is 1. The topological polar surface area (TPSA) is 98.5 Å². The van der Waals surface area contributed by atoms with E-state index in [9.17, 15) is 26.4 Å². The summed E-state index contributed by atoms with van der Waals surface area (Å²) < 4.78 is 61.6. The summed E-state index contributed by atoms with van der Waals surface area (Å²) in [6, 6.07) is 3.45. The first-order chi connectivity index (χ1) is 9.96. The van der Waals surface area contributed by atoms with Crippen molar-refractivity contribution in [1.29, 1.82) is 0 Å². The Labute approximate surface area is 137 Å². The monoisotopic (exact) mass is 376 g/mol. The van der Waals surface area contributed by atoms with Gasteiger partial charge < -0.3 is 15.8 Å². The van der Waals surface area contributed by atoms with Crippen molar-refractivity contribution < 1.29 is 31.1 Å². The number of carbonyl (C=O) groups excluding carboxylic acids is 1. The van der Waals surface area contributed by atoms with E-state index in [1.807, 2.05) is 0 Å². The lowest BCUT2D eigenvalue weighted by Crippen LogP contribution is -2.37. The molecule has 0 aliphatic heterocycles. The van der Waals surface area contributed by atoms with E-state index in [-0.39, 0.29) is 30.3 Å². The van der Waals surface area contributed by atoms with Crippen LogP contribution in [0.1, 0.15) is 6.42 Å². The molecule has 0 heterocycles. The van der Waals surface area contributed by atoms with Gasteiger partial charge >= 0.3 is 6.36 Å². The van der Waals surface area contributed by atoms with E-state index >= 15 is 0 Å². The van der Waals surface area contributed by atoms with Gasteiger partial charge in [0.15, 0.2) is 0 Å². The Morgan fingerprint density at radius 2 is 1.83 bits per heavy atom. The Bertz CT molecular complexity index is 620. The van der Waals surface area contributed by atoms with Gasteiger partial charge in [-0.25, -0.2) is 8.42 Å². The highest BCUT2D eigenvalue weighted by Gasteiger charge is 2.31. The Hall–Kier alpha value is -1.52. The van der Waals surface area contributed by atoms with Crippen LogP contribution in [0.2, 0.25) is 0 Å². The zero-order chi connectivity index (χ0) is 17.0. The summed E-state index contributed by atoms with van der Waals surface area (Å²) in [5.41, 5.74) is 5.75. The molecule has 1 atom stereocenters. The molecule has 11 heteroatoms. The number of ether oxygens (including phenoxy) is 1. The fourth-order valence-corrected chi connectivity index (χ4v) is 2.13. The number of anilines is 1. The van der Waals surface area contributed by atoms with Crippen molar-refractivity contribution in [2.24, 2.45) is 5.73 Å².